The summed E-state index contributed by atoms with van der Waals surface area (Å²) in [5.41, 5.74) is 6.99. The Morgan fingerprint density at radius 1 is 0.727 bits per heavy atom. The lowest BCUT2D eigenvalue weighted by atomic mass is 9.78. The van der Waals surface area contributed by atoms with Gasteiger partial charge in [0.1, 0.15) is 54.0 Å². The normalized spacial score (nSPS) is 23.4. The number of aromatic nitrogens is 1. The molecule has 0 radical (unpaired) electrons. The van der Waals surface area contributed by atoms with Crippen molar-refractivity contribution < 1.29 is 134 Å². The van der Waals surface area contributed by atoms with Crippen LogP contribution in [0.2, 0.25) is 0 Å². The monoisotopic (exact) mass is 1950 g/mol. The second-order valence-electron chi connectivity index (χ2n) is 37.4. The molecule has 4 heterocycles. The number of ether oxygens (including phenoxy) is 13. The number of primary amides is 1. The fraction of sp³-hybridized carbons (Fsp3) is 0.608. The maximum atomic E-state index is 15.0. The first kappa shape index (κ1) is 112. The van der Waals surface area contributed by atoms with Gasteiger partial charge in [0.15, 0.2) is 28.1 Å². The number of rotatable bonds is 49. The molecular weight excluding hydrogens is 1800 g/mol. The summed E-state index contributed by atoms with van der Waals surface area (Å²) in [4.78, 5) is 152. The molecule has 4 unspecified atom stereocenters. The third-order valence-electron chi connectivity index (χ3n) is 25.9. The van der Waals surface area contributed by atoms with E-state index in [1.54, 1.807) is 70.2 Å². The van der Waals surface area contributed by atoms with Crippen molar-refractivity contribution in [1.29, 1.82) is 0 Å². The Bertz CT molecular complexity index is 5230. The largest absolute Gasteiger partial charge is 0.505 e. The quantitative estimate of drug-likeness (QED) is 0.00255. The molecular formula is C102H146N9O28+. The lowest BCUT2D eigenvalue weighted by Crippen LogP contribution is -2.46. The van der Waals surface area contributed by atoms with Gasteiger partial charge in [-0.2, -0.15) is 0 Å². The number of hydrogen-bond acceptors (Lipinski definition) is 29. The van der Waals surface area contributed by atoms with Gasteiger partial charge >= 0.3 is 17.8 Å². The standard InChI is InChI=1S/C71H93N7O18.C31H52N2O10/c1-15-91-31-28-53(81)76-57(37(2)3)50(80)34-46(20-17-29-73-70(72)89)69(88)74-47-23-21-45(22-24-47)36-78(12,13)30-33-92-48-25-26-49-52(35-48)95-66-58(75-49)54-55-62(84)43(9)65-56(54)67(86)71(11,96-65)93-32-27-51(90-14)40(6)64(94-44(10)79)42(8)61(83)41(7)60(82)38(4)18-16-19-39(5)68(87)77-59(66)63(55)85;1-4-37-9-10-39-13-14-41-17-18-43-20-19-42-16-15-40-12-11-38-8-6-32-27(34)5-7-33-30(35)28-24-21-25(23(2)3)26(22-24)29(28)31(33)36/h16,18-19,21-27,32,35,37-38,40-42,46,51,57,60-61,64,82-83H,15,17,20,28-31,33-34,36H2,1-14H3,(H6-,72,73,74,75,76,77,81,84,85,86,87,88,89);21,23-24,26,28-29H,4-20,22H2,1-3H3,(H,32,34)/p+1/b18-16+,32-27+,39-19-;/t38-,40+,41+,42+,46+,51-,57-,60-,61+,64+,71-;/m0./s1. The summed E-state index contributed by atoms with van der Waals surface area (Å²) in [5, 5.41) is 48.9. The molecule has 8 amide bonds. The van der Waals surface area contributed by atoms with E-state index >= 15 is 0 Å². The summed E-state index contributed by atoms with van der Waals surface area (Å²) < 4.78 is 80.5. The number of hydrogen-bond donors (Lipinski definition) is 9. The topological polar surface area (TPSA) is 484 Å². The average molecular weight is 1950 g/mol. The van der Waals surface area contributed by atoms with Gasteiger partial charge in [-0.1, -0.05) is 97.4 Å². The number of amides is 8. The third kappa shape index (κ3) is 30.7. The minimum atomic E-state index is -2.11. The fourth-order valence-corrected chi connectivity index (χ4v) is 18.2. The molecule has 5 aromatic rings. The number of nitrogens with two attached hydrogens (primary N) is 1. The summed E-state index contributed by atoms with van der Waals surface area (Å²) in [7, 11) is 5.48. The smallest absolute Gasteiger partial charge is 0.312 e. The fourth-order valence-electron chi connectivity index (χ4n) is 18.2. The van der Waals surface area contributed by atoms with Crippen LogP contribution in [0.5, 0.6) is 17.2 Å². The number of likely N-dealkylation sites (N-methyl/N-ethyl adjacent to an activating group) is 1. The molecule has 2 fully saturated rings. The third-order valence-corrected chi connectivity index (χ3v) is 25.9. The van der Waals surface area contributed by atoms with Crippen LogP contribution in [0.1, 0.15) is 150 Å². The van der Waals surface area contributed by atoms with Gasteiger partial charge in [-0.15, -0.1) is 0 Å². The number of phenols is 1. The summed E-state index contributed by atoms with van der Waals surface area (Å²) in [6, 6.07) is 10.7. The van der Waals surface area contributed by atoms with Crippen LogP contribution in [-0.4, -0.2) is 285 Å². The molecule has 0 spiro atoms. The van der Waals surface area contributed by atoms with Gasteiger partial charge in [-0.3, -0.25) is 52.8 Å². The second kappa shape index (κ2) is 53.8. The maximum Gasteiger partial charge on any atom is 0.312 e. The van der Waals surface area contributed by atoms with Crippen LogP contribution < -0.4 is 47.2 Å². The first-order chi connectivity index (χ1) is 66.3. The van der Waals surface area contributed by atoms with Crippen LogP contribution in [-0.2, 0) is 97.0 Å². The van der Waals surface area contributed by atoms with Crippen molar-refractivity contribution in [3.8, 4) is 17.2 Å². The van der Waals surface area contributed by atoms with E-state index in [1.807, 2.05) is 53.9 Å². The molecule has 2 aliphatic carbocycles. The summed E-state index contributed by atoms with van der Waals surface area (Å²) in [6.07, 6.45) is 7.14. The number of urea groups is 1. The Balaban J connectivity index is 0.000000418. The second-order valence-corrected chi connectivity index (χ2v) is 37.4. The summed E-state index contributed by atoms with van der Waals surface area (Å²) in [6.45, 7) is 33.8. The molecule has 4 aromatic carbocycles. The number of Topliss-reactive ketones (excluding diaryl/α,β-unsaturated/α-hetero) is 2. The van der Waals surface area contributed by atoms with Gasteiger partial charge < -0.3 is 118 Å². The van der Waals surface area contributed by atoms with Crippen LogP contribution in [0.4, 0.5) is 16.2 Å². The molecule has 37 heteroatoms. The number of ketones is 2. The highest BCUT2D eigenvalue weighted by molar-refractivity contribution is 6.26. The lowest BCUT2D eigenvalue weighted by Gasteiger charge is -2.38. The molecule has 1 aromatic heterocycles. The van der Waals surface area contributed by atoms with E-state index in [2.05, 4.69) is 46.5 Å². The molecule has 15 atom stereocenters. The van der Waals surface area contributed by atoms with Gasteiger partial charge in [-0.25, -0.2) is 9.78 Å². The number of imide groups is 1. The average Bonchev–Trinajstić information content (AvgIpc) is 1.68. The van der Waals surface area contributed by atoms with Crippen molar-refractivity contribution in [2.75, 3.05) is 170 Å². The number of carbonyl (C=O) groups is 10. The van der Waals surface area contributed by atoms with Gasteiger partial charge in [0.25, 0.3) is 11.7 Å². The van der Waals surface area contributed by atoms with Crippen molar-refractivity contribution >= 4 is 103 Å². The van der Waals surface area contributed by atoms with Crippen LogP contribution in [0.15, 0.2) is 99.5 Å². The number of carbonyl (C=O) groups excluding carboxylic acids is 10. The van der Waals surface area contributed by atoms with Gasteiger partial charge in [0.2, 0.25) is 29.5 Å². The number of esters is 1. The lowest BCUT2D eigenvalue weighted by molar-refractivity contribution is -0.903. The molecule has 10 N–H and O–H groups in total. The Kier molecular flexibility index (Phi) is 43.3. The van der Waals surface area contributed by atoms with Gasteiger partial charge in [0, 0.05) is 136 Å². The van der Waals surface area contributed by atoms with Crippen molar-refractivity contribution in [2.24, 2.45) is 70.8 Å². The number of aromatic hydroxyl groups is 1. The van der Waals surface area contributed by atoms with E-state index < -0.39 is 107 Å². The number of nitrogens with zero attached hydrogens (tertiary/aromatic N) is 3. The number of benzene rings is 4. The van der Waals surface area contributed by atoms with E-state index in [4.69, 9.17) is 76.7 Å². The van der Waals surface area contributed by atoms with Crippen LogP contribution in [0, 0.1) is 72.0 Å². The Morgan fingerprint density at radius 2 is 1.35 bits per heavy atom. The van der Waals surface area contributed by atoms with Crippen molar-refractivity contribution in [3.05, 3.63) is 117 Å². The number of anilines is 2. The molecule has 766 valence electrons. The summed E-state index contributed by atoms with van der Waals surface area (Å²) in [5.74, 6) is -9.53. The van der Waals surface area contributed by atoms with E-state index in [-0.39, 0.29) is 172 Å². The zero-order valence-electron chi connectivity index (χ0n) is 83.5. The maximum absolute atomic E-state index is 15.0. The molecule has 3 aliphatic heterocycles. The number of likely N-dealkylation sites (tertiary alicyclic amines) is 1. The SMILES string of the molecule is CCOCCC(=O)N[C@H](C(=O)C[C@@H](CCCNC(N)=O)C(=O)Nc1ccc(C[N+](C)(C)CCOc2ccc3nc4c(oc3c2)c2c(O)c3c(=O)c(C)c5c(c34)C(=O)[C@@](C)(O/C=C/[C@H](OC)[C@@H](C)[C@@H](OC(C)=O)[C@H](C)[C@H](O)[C@H](C)[C@@H](O)[C@@H](C)/C=C/C=C(/C)C(=O)N2)O5)cc1)C(C)C.CCOCCOCCOCCOCCOCCOCCOCCNC(=O)CCN1C(=O)C2C3C=C(C(C)C)C(C3)C2C1=O. The Hall–Kier alpha value is -10.7. The Labute approximate surface area is 812 Å². The number of fused-ring (bicyclic) bond motifs is 10. The van der Waals surface area contributed by atoms with Crippen LogP contribution in [0.3, 0.4) is 0 Å². The highest BCUT2D eigenvalue weighted by atomic mass is 16.7. The van der Waals surface area contributed by atoms with Gasteiger partial charge in [0.05, 0.1) is 160 Å². The molecule has 1 saturated carbocycles. The minimum absolute atomic E-state index is 0.0520. The highest BCUT2D eigenvalue weighted by Gasteiger charge is 2.61. The van der Waals surface area contributed by atoms with Crippen molar-refractivity contribution in [1.82, 2.24) is 25.8 Å². The molecule has 10 rings (SSSR count). The number of aliphatic hydroxyl groups is 2. The molecule has 5 aliphatic rings. The van der Waals surface area contributed by atoms with Crippen molar-refractivity contribution in [2.45, 2.75) is 178 Å². The zero-order chi connectivity index (χ0) is 102. The molecule has 37 nitrogen and oxygen atoms in total. The van der Waals surface area contributed by atoms with Crippen molar-refractivity contribution in [3.63, 3.8) is 0 Å². The number of methoxy groups -OCH3 is 1. The number of allylic oxidation sites excluding steroid dienone is 4. The number of quaternary nitrogens is 1. The highest BCUT2D eigenvalue weighted by Crippen LogP contribution is 2.57. The molecule has 7 bridgehead atoms. The first-order valence-corrected chi connectivity index (χ1v) is 48.3. The van der Waals surface area contributed by atoms with E-state index in [9.17, 15) is 68.1 Å². The number of nitrogens with one attached hydrogen (secondary N) is 5. The van der Waals surface area contributed by atoms with Gasteiger partial charge in [-0.05, 0) is 101 Å². The molecule has 139 heavy (non-hydrogen) atoms. The molecule has 1 saturated heterocycles. The van der Waals surface area contributed by atoms with Crippen LogP contribution >= 0.6 is 0 Å². The van der Waals surface area contributed by atoms with E-state index in [0.717, 1.165) is 12.0 Å². The zero-order valence-corrected chi connectivity index (χ0v) is 83.5. The number of aliphatic hydroxyl groups excluding tert-OH is 2. The van der Waals surface area contributed by atoms with Crippen LogP contribution in [0.25, 0.3) is 33.0 Å². The summed E-state index contributed by atoms with van der Waals surface area (Å²) >= 11 is 0. The number of phenolic OH excluding ortho intramolecular Hbond substituents is 1. The minimum Gasteiger partial charge on any atom is -0.505 e. The Morgan fingerprint density at radius 3 is 1.95 bits per heavy atom. The van der Waals surface area contributed by atoms with E-state index in [0.29, 0.717) is 147 Å². The predicted molar refractivity (Wildman–Crippen MR) is 518 cm³/mol. The predicted octanol–water partition coefficient (Wildman–Crippen LogP) is 9.64. The first-order valence-electron chi connectivity index (χ1n) is 48.3. The van der Waals surface area contributed by atoms with E-state index in [1.165, 1.54) is 63.7 Å².